The topological polar surface area (TPSA) is 66.9 Å². The third-order valence-corrected chi connectivity index (χ3v) is 1.42. The first kappa shape index (κ1) is 9.88. The molecule has 0 aliphatic heterocycles. The van der Waals surface area contributed by atoms with Crippen LogP contribution in [0.5, 0.6) is 0 Å². The van der Waals surface area contributed by atoms with Crippen LogP contribution in [0.4, 0.5) is 5.95 Å². The van der Waals surface area contributed by atoms with Crippen LogP contribution in [0.3, 0.4) is 0 Å². The van der Waals surface area contributed by atoms with E-state index in [0.717, 1.165) is 0 Å². The van der Waals surface area contributed by atoms with Crippen LogP contribution < -0.4 is 10.6 Å². The second-order valence-electron chi connectivity index (χ2n) is 2.28. The lowest BCUT2D eigenvalue weighted by atomic mass is 10.6. The molecular weight excluding hydrogens is 192 g/mol. The van der Waals surface area contributed by atoms with Gasteiger partial charge in [0.15, 0.2) is 0 Å². The fraction of sp³-hybridized carbons (Fsp3) is 0.286. The van der Waals surface area contributed by atoms with Crippen molar-refractivity contribution in [3.05, 3.63) is 17.4 Å². The zero-order valence-corrected chi connectivity index (χ0v) is 7.80. The van der Waals surface area contributed by atoms with Crippen LogP contribution in [0.1, 0.15) is 0 Å². The first-order valence-corrected chi connectivity index (χ1v) is 4.03. The van der Waals surface area contributed by atoms with Gasteiger partial charge < -0.3 is 5.32 Å². The van der Waals surface area contributed by atoms with E-state index in [1.54, 1.807) is 7.05 Å². The van der Waals surface area contributed by atoms with Crippen molar-refractivity contribution in [1.29, 1.82) is 0 Å². The lowest BCUT2D eigenvalue weighted by Crippen LogP contribution is -2.25. The molecule has 0 atom stereocenters. The summed E-state index contributed by atoms with van der Waals surface area (Å²) in [6.45, 7) is 0.218. The van der Waals surface area contributed by atoms with Gasteiger partial charge in [0.25, 0.3) is 0 Å². The molecular formula is C7H9ClN4O. The maximum absolute atomic E-state index is 11.0. The number of amides is 1. The predicted octanol–water partition coefficient (Wildman–Crippen LogP) is 0.288. The van der Waals surface area contributed by atoms with E-state index in [-0.39, 0.29) is 18.4 Å². The van der Waals surface area contributed by atoms with Gasteiger partial charge in [-0.2, -0.15) is 0 Å². The molecule has 70 valence electrons. The van der Waals surface area contributed by atoms with E-state index in [4.69, 9.17) is 11.6 Å². The Balaban J connectivity index is 2.58. The molecule has 0 bridgehead atoms. The molecule has 5 nitrogen and oxygen atoms in total. The molecule has 0 saturated carbocycles. The number of nitrogens with one attached hydrogen (secondary N) is 2. The average Bonchev–Trinajstić information content (AvgIpc) is 2.04. The summed E-state index contributed by atoms with van der Waals surface area (Å²) in [6.07, 6.45) is 1.48. The highest BCUT2D eigenvalue weighted by Crippen LogP contribution is 2.04. The van der Waals surface area contributed by atoms with Gasteiger partial charge in [-0.1, -0.05) is 11.6 Å². The molecule has 0 aliphatic rings. The van der Waals surface area contributed by atoms with Crippen molar-refractivity contribution in [2.24, 2.45) is 0 Å². The van der Waals surface area contributed by atoms with Crippen LogP contribution in [0.2, 0.25) is 5.15 Å². The molecule has 13 heavy (non-hydrogen) atoms. The van der Waals surface area contributed by atoms with Crippen molar-refractivity contribution in [3.63, 3.8) is 0 Å². The molecule has 1 aromatic heterocycles. The summed E-state index contributed by atoms with van der Waals surface area (Å²) >= 11 is 5.59. The number of hydrogen-bond acceptors (Lipinski definition) is 4. The SMILES string of the molecule is CNCC(=O)Nc1nccc(Cl)n1. The Hall–Kier alpha value is -1.20. The monoisotopic (exact) mass is 200 g/mol. The molecule has 0 aliphatic carbocycles. The van der Waals surface area contributed by atoms with Crippen molar-refractivity contribution in [2.45, 2.75) is 0 Å². The van der Waals surface area contributed by atoms with Gasteiger partial charge in [0, 0.05) is 6.20 Å². The lowest BCUT2D eigenvalue weighted by Gasteiger charge is -2.01. The number of halogens is 1. The van der Waals surface area contributed by atoms with Gasteiger partial charge in [0.2, 0.25) is 11.9 Å². The molecule has 0 aromatic carbocycles. The number of carbonyl (C=O) groups excluding carboxylic acids is 1. The van der Waals surface area contributed by atoms with Crippen LogP contribution in [-0.4, -0.2) is 29.5 Å². The number of anilines is 1. The molecule has 1 heterocycles. The Morgan fingerprint density at radius 2 is 2.46 bits per heavy atom. The molecule has 0 radical (unpaired) electrons. The fourth-order valence-corrected chi connectivity index (χ4v) is 0.863. The summed E-state index contributed by atoms with van der Waals surface area (Å²) < 4.78 is 0. The Morgan fingerprint density at radius 1 is 1.69 bits per heavy atom. The van der Waals surface area contributed by atoms with Gasteiger partial charge in [0.1, 0.15) is 5.15 Å². The summed E-state index contributed by atoms with van der Waals surface area (Å²) in [5.74, 6) is 0.0116. The van der Waals surface area contributed by atoms with E-state index in [0.29, 0.717) is 5.15 Å². The van der Waals surface area contributed by atoms with Crippen molar-refractivity contribution >= 4 is 23.5 Å². The summed E-state index contributed by atoms with van der Waals surface area (Å²) in [6, 6.07) is 1.54. The molecule has 2 N–H and O–H groups in total. The minimum Gasteiger partial charge on any atom is -0.311 e. The number of carbonyl (C=O) groups is 1. The third-order valence-electron chi connectivity index (χ3n) is 1.21. The highest BCUT2D eigenvalue weighted by molar-refractivity contribution is 6.29. The summed E-state index contributed by atoms with van der Waals surface area (Å²) in [5.41, 5.74) is 0. The Bertz CT molecular complexity index is 304. The largest absolute Gasteiger partial charge is 0.311 e. The van der Waals surface area contributed by atoms with Crippen LogP contribution in [0.25, 0.3) is 0 Å². The first-order valence-electron chi connectivity index (χ1n) is 3.65. The Morgan fingerprint density at radius 3 is 3.08 bits per heavy atom. The maximum Gasteiger partial charge on any atom is 0.240 e. The molecule has 6 heteroatoms. The second kappa shape index (κ2) is 4.74. The lowest BCUT2D eigenvalue weighted by molar-refractivity contribution is -0.115. The molecule has 0 fully saturated rings. The predicted molar refractivity (Wildman–Crippen MR) is 49.6 cm³/mol. The van der Waals surface area contributed by atoms with Gasteiger partial charge in [-0.3, -0.25) is 10.1 Å². The van der Waals surface area contributed by atoms with Gasteiger partial charge in [-0.15, -0.1) is 0 Å². The van der Waals surface area contributed by atoms with E-state index in [1.807, 2.05) is 0 Å². The number of likely N-dealkylation sites (N-methyl/N-ethyl adjacent to an activating group) is 1. The minimum atomic E-state index is -0.204. The van der Waals surface area contributed by atoms with Crippen LogP contribution >= 0.6 is 11.6 Å². The quantitative estimate of drug-likeness (QED) is 0.689. The number of aromatic nitrogens is 2. The Kier molecular flexibility index (Phi) is 3.60. The van der Waals surface area contributed by atoms with E-state index < -0.39 is 0 Å². The first-order chi connectivity index (χ1) is 6.22. The molecule has 0 saturated heterocycles. The zero-order valence-electron chi connectivity index (χ0n) is 7.04. The zero-order chi connectivity index (χ0) is 9.68. The van der Waals surface area contributed by atoms with Crippen molar-refractivity contribution in [1.82, 2.24) is 15.3 Å². The standard InChI is InChI=1S/C7H9ClN4O/c1-9-4-6(13)12-7-10-3-2-5(8)11-7/h2-3,9H,4H2,1H3,(H,10,11,12,13). The fourth-order valence-electron chi connectivity index (χ4n) is 0.726. The summed E-state index contributed by atoms with van der Waals surface area (Å²) in [4.78, 5) is 18.6. The van der Waals surface area contributed by atoms with Crippen molar-refractivity contribution in [3.8, 4) is 0 Å². The van der Waals surface area contributed by atoms with Crippen molar-refractivity contribution < 1.29 is 4.79 Å². The summed E-state index contributed by atoms with van der Waals surface area (Å²) in [5, 5.41) is 5.48. The van der Waals surface area contributed by atoms with E-state index in [9.17, 15) is 4.79 Å². The van der Waals surface area contributed by atoms with E-state index in [2.05, 4.69) is 20.6 Å². The van der Waals surface area contributed by atoms with Gasteiger partial charge in [-0.05, 0) is 13.1 Å². The van der Waals surface area contributed by atoms with E-state index in [1.165, 1.54) is 12.3 Å². The number of rotatable bonds is 3. The van der Waals surface area contributed by atoms with Crippen LogP contribution in [0.15, 0.2) is 12.3 Å². The minimum absolute atomic E-state index is 0.204. The molecule has 0 spiro atoms. The maximum atomic E-state index is 11.0. The Labute approximate surface area is 80.5 Å². The second-order valence-corrected chi connectivity index (χ2v) is 2.67. The third kappa shape index (κ3) is 3.35. The highest BCUT2D eigenvalue weighted by atomic mass is 35.5. The molecule has 1 aromatic rings. The van der Waals surface area contributed by atoms with Gasteiger partial charge >= 0.3 is 0 Å². The highest BCUT2D eigenvalue weighted by Gasteiger charge is 2.02. The number of hydrogen-bond donors (Lipinski definition) is 2. The van der Waals surface area contributed by atoms with Gasteiger partial charge in [-0.25, -0.2) is 9.97 Å². The molecule has 0 unspecified atom stereocenters. The average molecular weight is 201 g/mol. The van der Waals surface area contributed by atoms with Crippen molar-refractivity contribution in [2.75, 3.05) is 18.9 Å². The number of nitrogens with zero attached hydrogens (tertiary/aromatic N) is 2. The van der Waals surface area contributed by atoms with Crippen LogP contribution in [-0.2, 0) is 4.79 Å². The molecule has 1 rings (SSSR count). The smallest absolute Gasteiger partial charge is 0.240 e. The van der Waals surface area contributed by atoms with E-state index >= 15 is 0 Å². The van der Waals surface area contributed by atoms with Gasteiger partial charge in [0.05, 0.1) is 6.54 Å². The summed E-state index contributed by atoms with van der Waals surface area (Å²) in [7, 11) is 1.68. The van der Waals surface area contributed by atoms with Crippen LogP contribution in [0, 0.1) is 0 Å². The molecule has 1 amide bonds. The normalized spacial score (nSPS) is 9.69.